The van der Waals surface area contributed by atoms with Gasteiger partial charge < -0.3 is 34.7 Å². The number of unbranched alkanes of at least 4 members (excludes halogenated alkanes) is 2. The lowest BCUT2D eigenvalue weighted by Crippen LogP contribution is -2.60. The Morgan fingerprint density at radius 1 is 1.00 bits per heavy atom. The average Bonchev–Trinajstić information content (AvgIpc) is 2.79. The van der Waals surface area contributed by atoms with Gasteiger partial charge in [-0.25, -0.2) is 9.59 Å². The van der Waals surface area contributed by atoms with Crippen LogP contribution >= 0.6 is 0 Å². The second-order valence-electron chi connectivity index (χ2n) is 11.3. The molecule has 11 nitrogen and oxygen atoms in total. The lowest BCUT2D eigenvalue weighted by atomic mass is 9.66. The summed E-state index contributed by atoms with van der Waals surface area (Å²) in [7, 11) is 0. The maximum Gasteiger partial charge on any atom is 0.407 e. The van der Waals surface area contributed by atoms with Gasteiger partial charge in [-0.05, 0) is 58.3 Å². The Morgan fingerprint density at radius 3 is 2.37 bits per heavy atom. The van der Waals surface area contributed by atoms with Crippen molar-refractivity contribution >= 4 is 23.9 Å². The van der Waals surface area contributed by atoms with E-state index in [2.05, 4.69) is 35.8 Å². The summed E-state index contributed by atoms with van der Waals surface area (Å²) in [4.78, 5) is 47.8. The van der Waals surface area contributed by atoms with Crippen LogP contribution in [0.25, 0.3) is 0 Å². The van der Waals surface area contributed by atoms with Crippen LogP contribution in [-0.4, -0.2) is 72.8 Å². The SMILES string of the molecule is C=CC(=O)OCOC(=O)CCCCCOC(C)(C)C(=O)NC1(C)CC(NC(=O)OCCCO)CC(C)(C)C1. The summed E-state index contributed by atoms with van der Waals surface area (Å²) in [6.45, 7) is 12.9. The number of hydrogen-bond acceptors (Lipinski definition) is 9. The first-order valence-electron chi connectivity index (χ1n) is 13.2. The van der Waals surface area contributed by atoms with E-state index in [0.717, 1.165) is 18.9 Å². The van der Waals surface area contributed by atoms with Crippen molar-refractivity contribution in [2.45, 2.75) is 103 Å². The fourth-order valence-electron chi connectivity index (χ4n) is 4.77. The molecule has 0 aromatic heterocycles. The number of amides is 2. The van der Waals surface area contributed by atoms with Crippen molar-refractivity contribution in [3.8, 4) is 0 Å². The number of alkyl carbamates (subject to hydrolysis) is 1. The molecule has 0 aromatic carbocycles. The topological polar surface area (TPSA) is 149 Å². The number of nitrogens with one attached hydrogen (secondary N) is 2. The van der Waals surface area contributed by atoms with Gasteiger partial charge in [0.1, 0.15) is 5.60 Å². The first-order chi connectivity index (χ1) is 17.7. The molecule has 1 aliphatic rings. The molecule has 2 unspecified atom stereocenters. The van der Waals surface area contributed by atoms with Gasteiger partial charge in [-0.1, -0.05) is 26.8 Å². The smallest absolute Gasteiger partial charge is 0.407 e. The van der Waals surface area contributed by atoms with Crippen molar-refractivity contribution < 1.29 is 43.2 Å². The lowest BCUT2D eigenvalue weighted by Gasteiger charge is -2.47. The van der Waals surface area contributed by atoms with E-state index in [1.165, 1.54) is 0 Å². The number of hydrogen-bond donors (Lipinski definition) is 3. The Morgan fingerprint density at radius 2 is 1.71 bits per heavy atom. The quantitative estimate of drug-likeness (QED) is 0.116. The van der Waals surface area contributed by atoms with Crippen molar-refractivity contribution in [2.75, 3.05) is 26.6 Å². The fourth-order valence-corrected chi connectivity index (χ4v) is 4.77. The highest BCUT2D eigenvalue weighted by Crippen LogP contribution is 2.41. The normalized spacial score (nSPS) is 20.6. The van der Waals surface area contributed by atoms with E-state index in [1.807, 2.05) is 6.92 Å². The largest absolute Gasteiger partial charge is 0.449 e. The van der Waals surface area contributed by atoms with Crippen LogP contribution in [0.3, 0.4) is 0 Å². The molecule has 3 N–H and O–H groups in total. The zero-order valence-corrected chi connectivity index (χ0v) is 23.6. The van der Waals surface area contributed by atoms with E-state index in [0.29, 0.717) is 38.7 Å². The Bertz CT molecular complexity index is 812. The molecule has 1 saturated carbocycles. The Balaban J connectivity index is 2.45. The van der Waals surface area contributed by atoms with Crippen molar-refractivity contribution in [2.24, 2.45) is 5.41 Å². The zero-order valence-electron chi connectivity index (χ0n) is 23.6. The molecule has 1 rings (SSSR count). The van der Waals surface area contributed by atoms with Crippen LogP contribution in [0, 0.1) is 5.41 Å². The molecule has 2 amide bonds. The molecule has 0 bridgehead atoms. The summed E-state index contributed by atoms with van der Waals surface area (Å²) in [5, 5.41) is 14.9. The number of carbonyl (C=O) groups is 4. The molecule has 0 aliphatic heterocycles. The molecule has 0 aromatic rings. The highest BCUT2D eigenvalue weighted by molar-refractivity contribution is 5.85. The van der Waals surface area contributed by atoms with Crippen molar-refractivity contribution in [3.05, 3.63) is 12.7 Å². The summed E-state index contributed by atoms with van der Waals surface area (Å²) >= 11 is 0. The van der Waals surface area contributed by atoms with Gasteiger partial charge >= 0.3 is 18.0 Å². The number of ether oxygens (including phenoxy) is 4. The molecule has 11 heteroatoms. The van der Waals surface area contributed by atoms with Gasteiger partial charge in [-0.3, -0.25) is 9.59 Å². The maximum atomic E-state index is 13.2. The van der Waals surface area contributed by atoms with Crippen LogP contribution < -0.4 is 10.6 Å². The van der Waals surface area contributed by atoms with Gasteiger partial charge in [0.15, 0.2) is 0 Å². The van der Waals surface area contributed by atoms with Crippen LogP contribution in [-0.2, 0) is 33.3 Å². The zero-order chi connectivity index (χ0) is 28.8. The molecule has 218 valence electrons. The highest BCUT2D eigenvalue weighted by Gasteiger charge is 2.44. The standard InChI is InChI=1S/C27H46N2O9/c1-7-21(31)36-19-37-22(32)12-9-8-10-15-38-26(4,5)23(33)29-27(6)17-20(16-25(2,3)18-27)28-24(34)35-14-11-13-30/h7,20,30H,1,8-19H2,2-6H3,(H,28,34)(H,29,33). The third-order valence-electron chi connectivity index (χ3n) is 6.26. The van der Waals surface area contributed by atoms with Gasteiger partial charge in [0.25, 0.3) is 5.91 Å². The third kappa shape index (κ3) is 13.2. The molecule has 0 spiro atoms. The fraction of sp³-hybridized carbons (Fsp3) is 0.778. The monoisotopic (exact) mass is 542 g/mol. The average molecular weight is 543 g/mol. The predicted octanol–water partition coefficient (Wildman–Crippen LogP) is 3.13. The summed E-state index contributed by atoms with van der Waals surface area (Å²) in [6.07, 6.45) is 5.01. The van der Waals surface area contributed by atoms with Crippen LogP contribution in [0.15, 0.2) is 12.7 Å². The van der Waals surface area contributed by atoms with Gasteiger partial charge in [0.2, 0.25) is 6.79 Å². The Hall–Kier alpha value is -2.66. The van der Waals surface area contributed by atoms with Crippen LogP contribution in [0.5, 0.6) is 0 Å². The number of esters is 2. The van der Waals surface area contributed by atoms with Crippen molar-refractivity contribution in [1.29, 1.82) is 0 Å². The van der Waals surface area contributed by atoms with Crippen molar-refractivity contribution in [1.82, 2.24) is 10.6 Å². The summed E-state index contributed by atoms with van der Waals surface area (Å²) in [6, 6.07) is -0.171. The Labute approximate surface area is 226 Å². The maximum absolute atomic E-state index is 13.2. The molecule has 0 heterocycles. The van der Waals surface area contributed by atoms with Gasteiger partial charge in [-0.2, -0.15) is 0 Å². The second-order valence-corrected chi connectivity index (χ2v) is 11.3. The minimum atomic E-state index is -1.06. The molecule has 2 atom stereocenters. The first-order valence-corrected chi connectivity index (χ1v) is 13.2. The van der Waals surface area contributed by atoms with E-state index in [9.17, 15) is 19.2 Å². The van der Waals surface area contributed by atoms with E-state index < -0.39 is 36.0 Å². The molecule has 0 saturated heterocycles. The first kappa shape index (κ1) is 33.4. The van der Waals surface area contributed by atoms with Crippen LogP contribution in [0.2, 0.25) is 0 Å². The Kier molecular flexibility index (Phi) is 13.8. The molecular formula is C27H46N2O9. The summed E-state index contributed by atoms with van der Waals surface area (Å²) in [5.74, 6) is -1.36. The number of aliphatic hydroxyl groups is 1. The molecule has 1 aliphatic carbocycles. The second kappa shape index (κ2) is 15.7. The van der Waals surface area contributed by atoms with Crippen molar-refractivity contribution in [3.63, 3.8) is 0 Å². The molecule has 1 fully saturated rings. The number of aliphatic hydroxyl groups excluding tert-OH is 1. The van der Waals surface area contributed by atoms with Gasteiger partial charge in [0.05, 0.1) is 6.61 Å². The lowest BCUT2D eigenvalue weighted by molar-refractivity contribution is -0.164. The minimum Gasteiger partial charge on any atom is -0.449 e. The minimum absolute atomic E-state index is 0.0447. The summed E-state index contributed by atoms with van der Waals surface area (Å²) < 4.78 is 20.4. The van der Waals surface area contributed by atoms with Gasteiger partial charge in [0, 0.05) is 43.7 Å². The van der Waals surface area contributed by atoms with E-state index in [4.69, 9.17) is 19.3 Å². The van der Waals surface area contributed by atoms with Gasteiger partial charge in [-0.15, -0.1) is 0 Å². The van der Waals surface area contributed by atoms with E-state index >= 15 is 0 Å². The number of rotatable bonds is 16. The number of carbonyl (C=O) groups excluding carboxylic acids is 4. The summed E-state index contributed by atoms with van der Waals surface area (Å²) in [5.41, 5.74) is -1.74. The molecule has 0 radical (unpaired) electrons. The third-order valence-corrected chi connectivity index (χ3v) is 6.26. The highest BCUT2D eigenvalue weighted by atomic mass is 16.7. The van der Waals surface area contributed by atoms with E-state index in [1.54, 1.807) is 13.8 Å². The van der Waals surface area contributed by atoms with E-state index in [-0.39, 0.29) is 37.0 Å². The van der Waals surface area contributed by atoms with Crippen LogP contribution in [0.1, 0.15) is 86.0 Å². The molecule has 38 heavy (non-hydrogen) atoms. The predicted molar refractivity (Wildman–Crippen MR) is 140 cm³/mol. The molecular weight excluding hydrogens is 496 g/mol. The van der Waals surface area contributed by atoms with Crippen LogP contribution in [0.4, 0.5) is 4.79 Å².